The molecule has 4 heterocycles. The van der Waals surface area contributed by atoms with Gasteiger partial charge in [-0.25, -0.2) is 0 Å². The topological polar surface area (TPSA) is 100 Å². The van der Waals surface area contributed by atoms with E-state index >= 15 is 0 Å². The van der Waals surface area contributed by atoms with Gasteiger partial charge in [0.25, 0.3) is 5.88 Å². The maximum Gasteiger partial charge on any atom is 0.278 e. The first kappa shape index (κ1) is 19.3. The van der Waals surface area contributed by atoms with Gasteiger partial charge >= 0.3 is 0 Å². The standard InChI is InChI=1S/C12H13N3O2.C7H11N3O2/c16-9-7-8(13-1-2-13)12(17)11(15-5-6-15)10(9)14-3-4-14;1-7(2,3)12-11-6-4-5-8-10-9-6/h7H,1-6H2;4-5H,1-3H3. The summed E-state index contributed by atoms with van der Waals surface area (Å²) in [6, 6.07) is 1.57. The smallest absolute Gasteiger partial charge is 0.278 e. The van der Waals surface area contributed by atoms with E-state index in [0.29, 0.717) is 23.0 Å². The molecule has 1 aromatic heterocycles. The van der Waals surface area contributed by atoms with E-state index in [1.807, 2.05) is 35.5 Å². The molecule has 4 aliphatic rings. The summed E-state index contributed by atoms with van der Waals surface area (Å²) in [5, 5.41) is 10.4. The van der Waals surface area contributed by atoms with Gasteiger partial charge in [0.2, 0.25) is 11.6 Å². The Morgan fingerprint density at radius 3 is 2.07 bits per heavy atom. The van der Waals surface area contributed by atoms with E-state index in [2.05, 4.69) is 15.4 Å². The van der Waals surface area contributed by atoms with Crippen molar-refractivity contribution in [1.82, 2.24) is 30.1 Å². The number of Topliss-reactive ketones (excluding diaryl/α,β-unsaturated/α-hetero) is 1. The molecule has 0 saturated carbocycles. The Balaban J connectivity index is 0.000000152. The predicted octanol–water partition coefficient (Wildman–Crippen LogP) is 0.161. The quantitative estimate of drug-likeness (QED) is 0.294. The Hall–Kier alpha value is -3.01. The van der Waals surface area contributed by atoms with Crippen molar-refractivity contribution in [2.45, 2.75) is 26.4 Å². The van der Waals surface area contributed by atoms with Gasteiger partial charge in [0.15, 0.2) is 0 Å². The van der Waals surface area contributed by atoms with Gasteiger partial charge < -0.3 is 19.6 Å². The summed E-state index contributed by atoms with van der Waals surface area (Å²) < 4.78 is 0. The van der Waals surface area contributed by atoms with Crippen molar-refractivity contribution in [3.05, 3.63) is 35.4 Å². The molecule has 5 rings (SSSR count). The first-order valence-corrected chi connectivity index (χ1v) is 9.63. The van der Waals surface area contributed by atoms with Gasteiger partial charge in [-0.15, -0.1) is 5.10 Å². The predicted molar refractivity (Wildman–Crippen MR) is 101 cm³/mol. The SMILES string of the molecule is CC(C)(C)OOc1ccnnn1.O=C1C=C(N2CC2)C(=O)C(N2CC2)=C1N1CC1. The molecule has 1 aromatic rings. The van der Waals surface area contributed by atoms with Gasteiger partial charge in [-0.2, -0.15) is 4.89 Å². The first-order valence-electron chi connectivity index (χ1n) is 9.63. The van der Waals surface area contributed by atoms with Crippen LogP contribution in [-0.4, -0.2) is 86.5 Å². The molecule has 10 nitrogen and oxygen atoms in total. The summed E-state index contributed by atoms with van der Waals surface area (Å²) in [5.41, 5.74) is 1.53. The molecule has 3 saturated heterocycles. The number of hydrogen-bond donors (Lipinski definition) is 0. The van der Waals surface area contributed by atoms with Crippen molar-refractivity contribution < 1.29 is 19.4 Å². The fourth-order valence-electron chi connectivity index (χ4n) is 2.72. The van der Waals surface area contributed by atoms with E-state index in [4.69, 9.17) is 9.78 Å². The molecule has 0 spiro atoms. The molecule has 0 N–H and O–H groups in total. The Bertz CT molecular complexity index is 864. The summed E-state index contributed by atoms with van der Waals surface area (Å²) >= 11 is 0. The lowest BCUT2D eigenvalue weighted by Gasteiger charge is -2.21. The minimum absolute atomic E-state index is 0.00546. The van der Waals surface area contributed by atoms with Crippen LogP contribution < -0.4 is 4.89 Å². The highest BCUT2D eigenvalue weighted by Crippen LogP contribution is 2.33. The van der Waals surface area contributed by atoms with Gasteiger partial charge in [0.05, 0.1) is 11.9 Å². The number of nitrogens with zero attached hydrogens (tertiary/aromatic N) is 6. The largest absolute Gasteiger partial charge is 0.365 e. The summed E-state index contributed by atoms with van der Waals surface area (Å²) in [6.45, 7) is 11.0. The Morgan fingerprint density at radius 2 is 1.55 bits per heavy atom. The van der Waals surface area contributed by atoms with Crippen LogP contribution in [-0.2, 0) is 14.5 Å². The molecule has 0 unspecified atom stereocenters. The number of aromatic nitrogens is 3. The summed E-state index contributed by atoms with van der Waals surface area (Å²) in [4.78, 5) is 40.3. The third-order valence-corrected chi connectivity index (χ3v) is 4.34. The molecule has 1 aliphatic carbocycles. The molecule has 0 atom stereocenters. The highest BCUT2D eigenvalue weighted by Gasteiger charge is 2.43. The van der Waals surface area contributed by atoms with Gasteiger partial charge in [-0.3, -0.25) is 9.59 Å². The molecule has 10 heteroatoms. The van der Waals surface area contributed by atoms with Gasteiger partial charge in [-0.1, -0.05) is 5.10 Å². The van der Waals surface area contributed by atoms with E-state index in [1.54, 1.807) is 6.07 Å². The average Bonchev–Trinajstić information content (AvgIpc) is 3.55. The fourth-order valence-corrected chi connectivity index (χ4v) is 2.72. The lowest BCUT2D eigenvalue weighted by Crippen LogP contribution is -2.29. The molecular weight excluding hydrogens is 376 g/mol. The van der Waals surface area contributed by atoms with E-state index in [9.17, 15) is 9.59 Å². The van der Waals surface area contributed by atoms with Crippen LogP contribution in [0.25, 0.3) is 0 Å². The third kappa shape index (κ3) is 4.89. The number of rotatable bonds is 5. The lowest BCUT2D eigenvalue weighted by atomic mass is 10.0. The summed E-state index contributed by atoms with van der Waals surface area (Å²) in [7, 11) is 0. The van der Waals surface area contributed by atoms with Crippen LogP contribution in [0.5, 0.6) is 5.88 Å². The minimum atomic E-state index is -0.356. The van der Waals surface area contributed by atoms with Crippen LogP contribution in [0.2, 0.25) is 0 Å². The molecular formula is C19H24N6O4. The fraction of sp³-hybridized carbons (Fsp3) is 0.526. The Labute approximate surface area is 168 Å². The molecule has 0 radical (unpaired) electrons. The second-order valence-electron chi connectivity index (χ2n) is 8.12. The van der Waals surface area contributed by atoms with Crippen molar-refractivity contribution >= 4 is 11.6 Å². The van der Waals surface area contributed by atoms with Crippen molar-refractivity contribution in [2.75, 3.05) is 39.3 Å². The zero-order valence-corrected chi connectivity index (χ0v) is 16.8. The molecule has 3 fully saturated rings. The lowest BCUT2D eigenvalue weighted by molar-refractivity contribution is -0.277. The molecule has 0 bridgehead atoms. The minimum Gasteiger partial charge on any atom is -0.365 e. The number of carbonyl (C=O) groups excluding carboxylic acids is 2. The summed E-state index contributed by atoms with van der Waals surface area (Å²) in [6.07, 6.45) is 3.00. The Morgan fingerprint density at radius 1 is 0.931 bits per heavy atom. The molecule has 3 aliphatic heterocycles. The molecule has 0 amide bonds. The number of hydrogen-bond acceptors (Lipinski definition) is 10. The van der Waals surface area contributed by atoms with Crippen molar-refractivity contribution in [3.63, 3.8) is 0 Å². The van der Waals surface area contributed by atoms with E-state index in [-0.39, 0.29) is 17.2 Å². The van der Waals surface area contributed by atoms with Crippen LogP contribution >= 0.6 is 0 Å². The van der Waals surface area contributed by atoms with E-state index < -0.39 is 0 Å². The number of allylic oxidation sites excluding steroid dienone is 1. The molecule has 154 valence electrons. The number of ketones is 2. The normalized spacial score (nSPS) is 20.2. The van der Waals surface area contributed by atoms with Crippen molar-refractivity contribution in [2.24, 2.45) is 0 Å². The zero-order chi connectivity index (χ0) is 20.6. The molecule has 0 aromatic carbocycles. The van der Waals surface area contributed by atoms with E-state index in [1.165, 1.54) is 12.3 Å². The third-order valence-electron chi connectivity index (χ3n) is 4.34. The van der Waals surface area contributed by atoms with Crippen LogP contribution in [0.15, 0.2) is 35.4 Å². The monoisotopic (exact) mass is 400 g/mol. The summed E-state index contributed by atoms with van der Waals surface area (Å²) in [5.74, 6) is 0.354. The maximum absolute atomic E-state index is 12.4. The number of carbonyl (C=O) groups is 2. The van der Waals surface area contributed by atoms with Gasteiger partial charge in [0.1, 0.15) is 17.0 Å². The van der Waals surface area contributed by atoms with Crippen LogP contribution in [0.1, 0.15) is 20.8 Å². The Kier molecular flexibility index (Phi) is 4.95. The molecule has 29 heavy (non-hydrogen) atoms. The van der Waals surface area contributed by atoms with E-state index in [0.717, 1.165) is 39.3 Å². The van der Waals surface area contributed by atoms with Crippen LogP contribution in [0.3, 0.4) is 0 Å². The highest BCUT2D eigenvalue weighted by atomic mass is 17.2. The van der Waals surface area contributed by atoms with Gasteiger partial charge in [0, 0.05) is 51.4 Å². The van der Waals surface area contributed by atoms with Crippen molar-refractivity contribution in [3.8, 4) is 5.88 Å². The first-order chi connectivity index (χ1) is 13.8. The average molecular weight is 400 g/mol. The highest BCUT2D eigenvalue weighted by molar-refractivity contribution is 6.22. The van der Waals surface area contributed by atoms with Gasteiger partial charge in [-0.05, 0) is 26.0 Å². The second kappa shape index (κ2) is 7.43. The van der Waals surface area contributed by atoms with Crippen LogP contribution in [0, 0.1) is 0 Å². The zero-order valence-electron chi connectivity index (χ0n) is 16.8. The second-order valence-corrected chi connectivity index (χ2v) is 8.12. The van der Waals surface area contributed by atoms with Crippen LogP contribution in [0.4, 0.5) is 0 Å². The maximum atomic E-state index is 12.4. The van der Waals surface area contributed by atoms with Crippen molar-refractivity contribution in [1.29, 1.82) is 0 Å².